The van der Waals surface area contributed by atoms with Gasteiger partial charge >= 0.3 is 0 Å². The van der Waals surface area contributed by atoms with Gasteiger partial charge < -0.3 is 0 Å². The van der Waals surface area contributed by atoms with Crippen molar-refractivity contribution in [2.24, 2.45) is 5.92 Å². The number of rotatable bonds is 1. The highest BCUT2D eigenvalue weighted by molar-refractivity contribution is 5.04. The van der Waals surface area contributed by atoms with Crippen LogP contribution in [0.2, 0.25) is 0 Å². The Morgan fingerprint density at radius 3 is 1.27 bits per heavy atom. The largest absolute Gasteiger partial charge is 0.212 e. The third kappa shape index (κ3) is 31.8. The van der Waals surface area contributed by atoms with E-state index in [1.54, 1.807) is 0 Å². The summed E-state index contributed by atoms with van der Waals surface area (Å²) in [5.41, 5.74) is 0.852. The van der Waals surface area contributed by atoms with Crippen molar-refractivity contribution >= 4 is 0 Å². The average Bonchev–Trinajstić information content (AvgIpc) is 2.23. The van der Waals surface area contributed by atoms with Gasteiger partial charge in [-0.15, -0.1) is 13.2 Å². The molecule has 0 aliphatic heterocycles. The molecule has 0 unspecified atom stereocenters. The van der Waals surface area contributed by atoms with Gasteiger partial charge in [-0.25, -0.2) is 4.39 Å². The Morgan fingerprint density at radius 1 is 1.07 bits per heavy atom. The Bertz CT molecular complexity index is 119. The highest BCUT2D eigenvalue weighted by Gasteiger charge is 1.98. The van der Waals surface area contributed by atoms with Crippen LogP contribution in [0.5, 0.6) is 0 Å². The summed E-state index contributed by atoms with van der Waals surface area (Å²) in [6.07, 6.45) is 1.25. The predicted octanol–water partition coefficient (Wildman–Crippen LogP) is 6.15. The van der Waals surface area contributed by atoms with E-state index < -0.39 is 0 Å². The lowest BCUT2D eigenvalue weighted by atomic mass is 10.1. The monoisotopic (exact) mass is 218 g/mol. The molecular weight excluding hydrogens is 187 g/mol. The summed E-state index contributed by atoms with van der Waals surface area (Å²) in [6, 6.07) is 0. The molecule has 0 aromatic rings. The van der Waals surface area contributed by atoms with Crippen LogP contribution >= 0.6 is 0 Å². The molecule has 15 heavy (non-hydrogen) atoms. The van der Waals surface area contributed by atoms with Crippen molar-refractivity contribution < 1.29 is 4.39 Å². The summed E-state index contributed by atoms with van der Waals surface area (Å²) in [5.74, 6) is 0.306. The number of halogens is 1. The molecule has 0 N–H and O–H groups in total. The van der Waals surface area contributed by atoms with E-state index in [-0.39, 0.29) is 5.83 Å². The van der Waals surface area contributed by atoms with E-state index in [1.165, 1.54) is 13.3 Å². The zero-order chi connectivity index (χ0) is 13.4. The maximum absolute atomic E-state index is 12.2. The first-order valence-corrected chi connectivity index (χ1v) is 5.80. The fourth-order valence-corrected chi connectivity index (χ4v) is 0.398. The summed E-state index contributed by atoms with van der Waals surface area (Å²) in [6.45, 7) is 21.5. The molecule has 0 aliphatic rings. The second-order valence-electron chi connectivity index (χ2n) is 3.08. The molecule has 0 aromatic carbocycles. The third-order valence-corrected chi connectivity index (χ3v) is 1.41. The maximum atomic E-state index is 12.2. The molecule has 0 spiro atoms. The van der Waals surface area contributed by atoms with Crippen molar-refractivity contribution in [1.29, 1.82) is 0 Å². The van der Waals surface area contributed by atoms with Crippen LogP contribution in [0.15, 0.2) is 24.6 Å². The van der Waals surface area contributed by atoms with Crippen molar-refractivity contribution in [2.45, 2.75) is 61.8 Å². The summed E-state index contributed by atoms with van der Waals surface area (Å²) >= 11 is 0. The molecular formula is C14H31F. The standard InChI is InChI=1S/C7H13F.C3H8.C2H6.C2H4/c1-5(2)6(3)7(4)8;1-3-2;2*1-2/h5H,1-4H3;3H2,1-2H3;1-2H3;1-2H2/b7-6-;;;. The molecule has 0 saturated heterocycles. The van der Waals surface area contributed by atoms with E-state index in [9.17, 15) is 4.39 Å². The maximum Gasteiger partial charge on any atom is 0.0960 e. The lowest BCUT2D eigenvalue weighted by molar-refractivity contribution is 0.596. The van der Waals surface area contributed by atoms with Crippen molar-refractivity contribution in [2.75, 3.05) is 0 Å². The Labute approximate surface area is 97.3 Å². The van der Waals surface area contributed by atoms with Crippen molar-refractivity contribution in [1.82, 2.24) is 0 Å². The molecule has 0 atom stereocenters. The van der Waals surface area contributed by atoms with Gasteiger partial charge in [0.1, 0.15) is 0 Å². The van der Waals surface area contributed by atoms with Crippen LogP contribution in [-0.4, -0.2) is 0 Å². The zero-order valence-electron chi connectivity index (χ0n) is 12.1. The van der Waals surface area contributed by atoms with Gasteiger partial charge in [-0.05, 0) is 25.3 Å². The summed E-state index contributed by atoms with van der Waals surface area (Å²) < 4.78 is 12.2. The Hall–Kier alpha value is -0.590. The second-order valence-corrected chi connectivity index (χ2v) is 3.08. The molecule has 94 valence electrons. The van der Waals surface area contributed by atoms with Gasteiger partial charge in [0.2, 0.25) is 0 Å². The van der Waals surface area contributed by atoms with Crippen LogP contribution in [0.1, 0.15) is 61.8 Å². The Balaban J connectivity index is -0.0000000726. The van der Waals surface area contributed by atoms with E-state index in [1.807, 2.05) is 34.6 Å². The van der Waals surface area contributed by atoms with Gasteiger partial charge in [0.15, 0.2) is 0 Å². The van der Waals surface area contributed by atoms with Crippen molar-refractivity contribution in [3.63, 3.8) is 0 Å². The Kier molecular flexibility index (Phi) is 37.2. The summed E-state index contributed by atoms with van der Waals surface area (Å²) in [4.78, 5) is 0. The van der Waals surface area contributed by atoms with Gasteiger partial charge in [0.05, 0.1) is 5.83 Å². The van der Waals surface area contributed by atoms with Crippen LogP contribution in [0.3, 0.4) is 0 Å². The lowest BCUT2D eigenvalue weighted by Crippen LogP contribution is -1.89. The quantitative estimate of drug-likeness (QED) is 0.463. The van der Waals surface area contributed by atoms with Gasteiger partial charge in [0.25, 0.3) is 0 Å². The first-order chi connectivity index (χ1) is 6.97. The molecule has 0 aliphatic carbocycles. The van der Waals surface area contributed by atoms with Crippen molar-refractivity contribution in [3.8, 4) is 0 Å². The zero-order valence-corrected chi connectivity index (χ0v) is 12.1. The molecule has 0 bridgehead atoms. The van der Waals surface area contributed by atoms with E-state index in [2.05, 4.69) is 27.0 Å². The number of hydrogen-bond donors (Lipinski definition) is 0. The minimum absolute atomic E-state index is 0.0417. The molecule has 0 aromatic heterocycles. The van der Waals surface area contributed by atoms with Gasteiger partial charge in [-0.1, -0.05) is 48.0 Å². The molecule has 1 heteroatoms. The number of hydrogen-bond acceptors (Lipinski definition) is 0. The van der Waals surface area contributed by atoms with Crippen LogP contribution in [0, 0.1) is 5.92 Å². The molecule has 0 nitrogen and oxygen atoms in total. The first kappa shape index (κ1) is 23.9. The van der Waals surface area contributed by atoms with Gasteiger partial charge in [-0.3, -0.25) is 0 Å². The predicted molar refractivity (Wildman–Crippen MR) is 72.9 cm³/mol. The van der Waals surface area contributed by atoms with Crippen LogP contribution in [0.25, 0.3) is 0 Å². The lowest BCUT2D eigenvalue weighted by Gasteiger charge is -2.02. The second kappa shape index (κ2) is 23.3. The minimum atomic E-state index is -0.0417. The smallest absolute Gasteiger partial charge is 0.0960 e. The first-order valence-electron chi connectivity index (χ1n) is 5.80. The highest BCUT2D eigenvalue weighted by Crippen LogP contribution is 2.13. The van der Waals surface area contributed by atoms with Gasteiger partial charge in [-0.2, -0.15) is 0 Å². The van der Waals surface area contributed by atoms with E-state index >= 15 is 0 Å². The Morgan fingerprint density at radius 2 is 1.27 bits per heavy atom. The molecule has 0 heterocycles. The highest BCUT2D eigenvalue weighted by atomic mass is 19.1. The number of allylic oxidation sites excluding steroid dienone is 2. The van der Waals surface area contributed by atoms with Crippen molar-refractivity contribution in [3.05, 3.63) is 24.6 Å². The third-order valence-electron chi connectivity index (χ3n) is 1.41. The summed E-state index contributed by atoms with van der Waals surface area (Å²) in [7, 11) is 0. The van der Waals surface area contributed by atoms with Crippen LogP contribution < -0.4 is 0 Å². The van der Waals surface area contributed by atoms with Gasteiger partial charge in [0, 0.05) is 0 Å². The molecule has 0 fully saturated rings. The molecule has 0 amide bonds. The summed E-state index contributed by atoms with van der Waals surface area (Å²) in [5, 5.41) is 0. The fraction of sp³-hybridized carbons (Fsp3) is 0.714. The molecule has 0 rings (SSSR count). The van der Waals surface area contributed by atoms with Crippen LogP contribution in [-0.2, 0) is 0 Å². The van der Waals surface area contributed by atoms with E-state index in [0.29, 0.717) is 5.92 Å². The minimum Gasteiger partial charge on any atom is -0.212 e. The molecule has 0 saturated carbocycles. The topological polar surface area (TPSA) is 0 Å². The van der Waals surface area contributed by atoms with E-state index in [0.717, 1.165) is 5.57 Å². The average molecular weight is 218 g/mol. The fourth-order valence-electron chi connectivity index (χ4n) is 0.398. The SMILES string of the molecule is C/C(F)=C(\C)C(C)C.C=C.CC.CCC. The normalized spacial score (nSPS) is 9.47. The molecule has 0 radical (unpaired) electrons. The van der Waals surface area contributed by atoms with Crippen LogP contribution in [0.4, 0.5) is 4.39 Å². The van der Waals surface area contributed by atoms with E-state index in [4.69, 9.17) is 0 Å².